The van der Waals surface area contributed by atoms with E-state index < -0.39 is 0 Å². The average molecular weight is 335 g/mol. The van der Waals surface area contributed by atoms with Crippen LogP contribution in [-0.4, -0.2) is 32.2 Å². The lowest BCUT2D eigenvalue weighted by Gasteiger charge is -2.22. The molecule has 3 aromatic rings. The lowest BCUT2D eigenvalue weighted by Crippen LogP contribution is -2.30. The maximum absolute atomic E-state index is 12.4. The second-order valence-electron chi connectivity index (χ2n) is 6.11. The fraction of sp³-hybridized carbons (Fsp3) is 0.222. The predicted octanol–water partition coefficient (Wildman–Crippen LogP) is 2.50. The molecule has 1 aliphatic heterocycles. The van der Waals surface area contributed by atoms with Gasteiger partial charge in [0.15, 0.2) is 0 Å². The van der Waals surface area contributed by atoms with Crippen LogP contribution < -0.4 is 10.2 Å². The maximum atomic E-state index is 12.4. The van der Waals surface area contributed by atoms with Gasteiger partial charge in [-0.25, -0.2) is 9.97 Å². The third-order valence-corrected chi connectivity index (χ3v) is 4.34. The van der Waals surface area contributed by atoms with Crippen LogP contribution in [0.4, 0.5) is 11.4 Å². The summed E-state index contributed by atoms with van der Waals surface area (Å²) in [5, 5.41) is 2.83. The molecule has 2 amide bonds. The highest BCUT2D eigenvalue weighted by Gasteiger charge is 2.28. The Bertz CT molecular complexity index is 932. The normalized spacial score (nSPS) is 17.2. The fourth-order valence-electron chi connectivity index (χ4n) is 3.09. The van der Waals surface area contributed by atoms with Gasteiger partial charge in [0.2, 0.25) is 11.7 Å². The van der Waals surface area contributed by atoms with Gasteiger partial charge in [0.05, 0.1) is 0 Å². The lowest BCUT2D eigenvalue weighted by molar-refractivity contribution is -0.117. The summed E-state index contributed by atoms with van der Waals surface area (Å²) in [7, 11) is 0. The summed E-state index contributed by atoms with van der Waals surface area (Å²) in [4.78, 5) is 34.6. The average Bonchev–Trinajstić information content (AvgIpc) is 3.18. The number of imidazole rings is 1. The van der Waals surface area contributed by atoms with Crippen molar-refractivity contribution < 1.29 is 9.59 Å². The molecule has 2 aromatic heterocycles. The third-order valence-electron chi connectivity index (χ3n) is 4.34. The van der Waals surface area contributed by atoms with Crippen LogP contribution in [0.25, 0.3) is 5.78 Å². The van der Waals surface area contributed by atoms with Gasteiger partial charge in [-0.2, -0.15) is 0 Å². The Kier molecular flexibility index (Phi) is 3.68. The predicted molar refractivity (Wildman–Crippen MR) is 93.6 cm³/mol. The van der Waals surface area contributed by atoms with Gasteiger partial charge >= 0.3 is 0 Å². The first-order chi connectivity index (χ1) is 12.1. The summed E-state index contributed by atoms with van der Waals surface area (Å²) in [5.41, 5.74) is 1.71. The van der Waals surface area contributed by atoms with Crippen LogP contribution in [-0.2, 0) is 4.79 Å². The highest BCUT2D eigenvalue weighted by molar-refractivity contribution is 6.04. The van der Waals surface area contributed by atoms with Crippen LogP contribution in [0.3, 0.4) is 0 Å². The van der Waals surface area contributed by atoms with E-state index in [9.17, 15) is 9.59 Å². The Balaban J connectivity index is 1.57. The van der Waals surface area contributed by atoms with Crippen LogP contribution in [0, 0.1) is 0 Å². The fourth-order valence-corrected chi connectivity index (χ4v) is 3.09. The molecule has 0 bridgehead atoms. The summed E-state index contributed by atoms with van der Waals surface area (Å²) >= 11 is 0. The monoisotopic (exact) mass is 335 g/mol. The van der Waals surface area contributed by atoms with Gasteiger partial charge in [0.1, 0.15) is 5.69 Å². The zero-order chi connectivity index (χ0) is 17.4. The molecule has 1 fully saturated rings. The number of amides is 2. The number of fused-ring (bicyclic) bond motifs is 1. The van der Waals surface area contributed by atoms with Crippen molar-refractivity contribution in [2.75, 3.05) is 10.2 Å². The minimum atomic E-state index is -0.316. The number of carbonyl (C=O) groups is 2. The molecule has 0 aliphatic carbocycles. The Morgan fingerprint density at radius 3 is 2.96 bits per heavy atom. The molecule has 1 aromatic carbocycles. The van der Waals surface area contributed by atoms with Crippen LogP contribution in [0.2, 0.25) is 0 Å². The van der Waals surface area contributed by atoms with Crippen LogP contribution in [0.5, 0.6) is 0 Å². The van der Waals surface area contributed by atoms with E-state index in [0.717, 1.165) is 12.1 Å². The molecule has 0 radical (unpaired) electrons. The summed E-state index contributed by atoms with van der Waals surface area (Å²) in [6.45, 7) is 2.03. The summed E-state index contributed by atoms with van der Waals surface area (Å²) in [5.74, 6) is 0.267. The molecule has 0 spiro atoms. The Hall–Kier alpha value is -3.22. The second kappa shape index (κ2) is 6.01. The number of nitrogens with one attached hydrogen (secondary N) is 1. The molecule has 126 valence electrons. The van der Waals surface area contributed by atoms with Crippen molar-refractivity contribution in [2.24, 2.45) is 0 Å². The minimum Gasteiger partial charge on any atom is -0.321 e. The van der Waals surface area contributed by atoms with Gasteiger partial charge in [-0.05, 0) is 37.6 Å². The third kappa shape index (κ3) is 2.84. The SMILES string of the molecule is CC1CCC(=O)N1c1cccc(NC(=O)c2cn3cccnc3n2)c1. The first-order valence-corrected chi connectivity index (χ1v) is 8.15. The van der Waals surface area contributed by atoms with Crippen molar-refractivity contribution in [3.8, 4) is 0 Å². The molecule has 1 aliphatic rings. The van der Waals surface area contributed by atoms with Gasteiger partial charge in [-0.15, -0.1) is 0 Å². The summed E-state index contributed by atoms with van der Waals surface area (Å²) < 4.78 is 1.69. The van der Waals surface area contributed by atoms with E-state index in [-0.39, 0.29) is 23.6 Å². The molecule has 1 saturated heterocycles. The van der Waals surface area contributed by atoms with Crippen LogP contribution >= 0.6 is 0 Å². The van der Waals surface area contributed by atoms with Crippen molar-refractivity contribution in [1.82, 2.24) is 14.4 Å². The maximum Gasteiger partial charge on any atom is 0.275 e. The Morgan fingerprint density at radius 2 is 2.20 bits per heavy atom. The molecule has 0 saturated carbocycles. The van der Waals surface area contributed by atoms with Gasteiger partial charge in [-0.1, -0.05) is 6.07 Å². The Morgan fingerprint density at radius 1 is 1.32 bits per heavy atom. The number of carbonyl (C=O) groups excluding carboxylic acids is 2. The molecule has 1 N–H and O–H groups in total. The van der Waals surface area contributed by atoms with E-state index in [1.165, 1.54) is 0 Å². The zero-order valence-corrected chi connectivity index (χ0v) is 13.7. The zero-order valence-electron chi connectivity index (χ0n) is 13.7. The molecular formula is C18H17N5O2. The molecule has 25 heavy (non-hydrogen) atoms. The van der Waals surface area contributed by atoms with E-state index >= 15 is 0 Å². The highest BCUT2D eigenvalue weighted by Crippen LogP contribution is 2.28. The van der Waals surface area contributed by atoms with Gasteiger partial charge < -0.3 is 10.2 Å². The standard InChI is InChI=1S/C18H17N5O2/c1-12-6-7-16(24)23(12)14-5-2-4-13(10-14)20-17(25)15-11-22-9-3-8-19-18(22)21-15/h2-5,8-12H,6-7H2,1H3,(H,20,25). The van der Waals surface area contributed by atoms with E-state index in [0.29, 0.717) is 17.9 Å². The van der Waals surface area contributed by atoms with Crippen LogP contribution in [0.15, 0.2) is 48.9 Å². The number of rotatable bonds is 3. The first-order valence-electron chi connectivity index (χ1n) is 8.15. The van der Waals surface area contributed by atoms with E-state index in [2.05, 4.69) is 15.3 Å². The molecule has 4 rings (SSSR count). The quantitative estimate of drug-likeness (QED) is 0.797. The highest BCUT2D eigenvalue weighted by atomic mass is 16.2. The molecule has 7 heteroatoms. The number of nitrogens with zero attached hydrogens (tertiary/aromatic N) is 4. The first kappa shape index (κ1) is 15.3. The lowest BCUT2D eigenvalue weighted by atomic mass is 10.2. The minimum absolute atomic E-state index is 0.113. The van der Waals surface area contributed by atoms with E-state index in [1.807, 2.05) is 25.1 Å². The van der Waals surface area contributed by atoms with Crippen molar-refractivity contribution >= 4 is 29.0 Å². The second-order valence-corrected chi connectivity index (χ2v) is 6.11. The largest absolute Gasteiger partial charge is 0.321 e. The molecule has 1 atom stereocenters. The van der Waals surface area contributed by atoms with Gasteiger partial charge in [-0.3, -0.25) is 14.0 Å². The molecular weight excluding hydrogens is 318 g/mol. The number of anilines is 2. The smallest absolute Gasteiger partial charge is 0.275 e. The van der Waals surface area contributed by atoms with E-state index in [4.69, 9.17) is 0 Å². The summed E-state index contributed by atoms with van der Waals surface area (Å²) in [6, 6.07) is 9.25. The topological polar surface area (TPSA) is 79.6 Å². The molecule has 1 unspecified atom stereocenters. The molecule has 3 heterocycles. The number of benzene rings is 1. The van der Waals surface area contributed by atoms with E-state index in [1.54, 1.807) is 40.0 Å². The molecule has 7 nitrogen and oxygen atoms in total. The van der Waals surface area contributed by atoms with Gasteiger partial charge in [0.25, 0.3) is 5.91 Å². The van der Waals surface area contributed by atoms with Gasteiger partial charge in [0, 0.05) is 42.4 Å². The Labute approximate surface area is 144 Å². The summed E-state index contributed by atoms with van der Waals surface area (Å²) in [6.07, 6.45) is 6.46. The van der Waals surface area contributed by atoms with Crippen molar-refractivity contribution in [3.05, 3.63) is 54.6 Å². The van der Waals surface area contributed by atoms with Crippen molar-refractivity contribution in [1.29, 1.82) is 0 Å². The number of hydrogen-bond acceptors (Lipinski definition) is 4. The van der Waals surface area contributed by atoms with Crippen molar-refractivity contribution in [2.45, 2.75) is 25.8 Å². The number of hydrogen-bond donors (Lipinski definition) is 1. The van der Waals surface area contributed by atoms with Crippen molar-refractivity contribution in [3.63, 3.8) is 0 Å². The van der Waals surface area contributed by atoms with Crippen LogP contribution in [0.1, 0.15) is 30.3 Å². The number of aromatic nitrogens is 3.